The molecule has 9 nitrogen and oxygen atoms in total. The highest BCUT2D eigenvalue weighted by Gasteiger charge is 2.42. The topological polar surface area (TPSA) is 102 Å². The number of nitrogens with one attached hydrogen (secondary N) is 1. The number of ketones is 1. The molecular weight excluding hydrogens is 502 g/mol. The van der Waals surface area contributed by atoms with E-state index in [0.29, 0.717) is 46.1 Å². The molecule has 39 heavy (non-hydrogen) atoms. The van der Waals surface area contributed by atoms with Crippen LogP contribution in [0.1, 0.15) is 42.7 Å². The minimum Gasteiger partial charge on any atom is -0.496 e. The number of rotatable bonds is 10. The van der Waals surface area contributed by atoms with Gasteiger partial charge in [-0.2, -0.15) is 0 Å². The molecule has 2 unspecified atom stereocenters. The minimum atomic E-state index is -0.698. The number of dihydropyridines is 1. The number of para-hydroxylation sites is 1. The molecule has 0 radical (unpaired) electrons. The zero-order valence-electron chi connectivity index (χ0n) is 23.2. The number of methoxy groups -OCH3 is 5. The summed E-state index contributed by atoms with van der Waals surface area (Å²) in [7, 11) is 7.74. The Labute approximate surface area is 228 Å². The molecule has 0 aromatic heterocycles. The van der Waals surface area contributed by atoms with Gasteiger partial charge in [0.2, 0.25) is 5.75 Å². The summed E-state index contributed by atoms with van der Waals surface area (Å²) < 4.78 is 32.9. The number of allylic oxidation sites excluding steroid dienone is 3. The maximum Gasteiger partial charge on any atom is 0.336 e. The molecule has 0 spiro atoms. The molecular formula is C30H35NO8. The molecule has 0 bridgehead atoms. The lowest BCUT2D eigenvalue weighted by molar-refractivity contribution is -0.140. The molecule has 2 aliphatic rings. The smallest absolute Gasteiger partial charge is 0.336 e. The first kappa shape index (κ1) is 28.0. The molecule has 0 saturated carbocycles. The van der Waals surface area contributed by atoms with E-state index < -0.39 is 11.9 Å². The van der Waals surface area contributed by atoms with Crippen LogP contribution in [0.2, 0.25) is 0 Å². The molecule has 1 N–H and O–H groups in total. The van der Waals surface area contributed by atoms with Crippen LogP contribution in [0.4, 0.5) is 0 Å². The van der Waals surface area contributed by atoms with E-state index >= 15 is 0 Å². The molecule has 0 amide bonds. The summed E-state index contributed by atoms with van der Waals surface area (Å²) >= 11 is 0. The first-order chi connectivity index (χ1) is 18.9. The number of esters is 1. The van der Waals surface area contributed by atoms with Crippen LogP contribution in [-0.2, 0) is 19.1 Å². The van der Waals surface area contributed by atoms with Gasteiger partial charge >= 0.3 is 5.97 Å². The normalized spacial score (nSPS) is 18.8. The molecule has 1 aliphatic carbocycles. The highest BCUT2D eigenvalue weighted by atomic mass is 16.6. The quantitative estimate of drug-likeness (QED) is 0.352. The van der Waals surface area contributed by atoms with E-state index in [1.807, 2.05) is 31.2 Å². The lowest BCUT2D eigenvalue weighted by Crippen LogP contribution is -2.36. The number of carbonyl (C=O) groups excluding carboxylic acids is 2. The van der Waals surface area contributed by atoms with Gasteiger partial charge in [0.25, 0.3) is 0 Å². The van der Waals surface area contributed by atoms with Gasteiger partial charge in [-0.05, 0) is 42.7 Å². The molecule has 2 aromatic rings. The fourth-order valence-electron chi connectivity index (χ4n) is 5.43. The van der Waals surface area contributed by atoms with Crippen molar-refractivity contribution in [3.8, 4) is 23.0 Å². The van der Waals surface area contributed by atoms with Gasteiger partial charge in [0.1, 0.15) is 12.4 Å². The number of hydrogen-bond acceptors (Lipinski definition) is 9. The SMILES string of the molecule is COCCOC(=O)C1=C(C)NC2=C(C(=O)CC(c3ccccc3OC)C2)C1c1cc(OC)c(OC)c(OC)c1. The van der Waals surface area contributed by atoms with Crippen molar-refractivity contribution in [2.45, 2.75) is 31.6 Å². The molecule has 1 heterocycles. The highest BCUT2D eigenvalue weighted by Crippen LogP contribution is 2.49. The Morgan fingerprint density at radius 3 is 2.18 bits per heavy atom. The van der Waals surface area contributed by atoms with Gasteiger partial charge < -0.3 is 33.7 Å². The number of Topliss-reactive ketones (excluding diaryl/α,β-unsaturated/α-hetero) is 1. The third kappa shape index (κ3) is 5.45. The molecule has 9 heteroatoms. The van der Waals surface area contributed by atoms with Gasteiger partial charge in [-0.25, -0.2) is 4.79 Å². The Kier molecular flexibility index (Phi) is 8.81. The molecule has 4 rings (SSSR count). The first-order valence-corrected chi connectivity index (χ1v) is 12.7. The maximum absolute atomic E-state index is 13.9. The van der Waals surface area contributed by atoms with Crippen molar-refractivity contribution in [3.05, 3.63) is 70.1 Å². The van der Waals surface area contributed by atoms with Crippen molar-refractivity contribution in [3.63, 3.8) is 0 Å². The Balaban J connectivity index is 1.85. The van der Waals surface area contributed by atoms with Crippen LogP contribution in [-0.4, -0.2) is 60.5 Å². The van der Waals surface area contributed by atoms with Crippen molar-refractivity contribution in [2.24, 2.45) is 0 Å². The fourth-order valence-corrected chi connectivity index (χ4v) is 5.43. The maximum atomic E-state index is 13.9. The van der Waals surface area contributed by atoms with Crippen LogP contribution >= 0.6 is 0 Å². The van der Waals surface area contributed by atoms with E-state index in [1.165, 1.54) is 28.4 Å². The monoisotopic (exact) mass is 537 g/mol. The number of ether oxygens (including phenoxy) is 6. The standard InChI is InChI=1S/C30H35NO8/c1-17-26(30(33)39-12-11-34-2)27(19-15-24(36-4)29(38-6)25(16-19)37-5)28-21(31-17)13-18(14-22(28)32)20-9-7-8-10-23(20)35-3/h7-10,15-16,18,27,31H,11-14H2,1-6H3. The number of benzene rings is 2. The molecule has 208 valence electrons. The van der Waals surface area contributed by atoms with Crippen LogP contribution in [0.5, 0.6) is 23.0 Å². The van der Waals surface area contributed by atoms with Gasteiger partial charge in [0.05, 0.1) is 40.6 Å². The van der Waals surface area contributed by atoms with Crippen molar-refractivity contribution in [2.75, 3.05) is 48.8 Å². The van der Waals surface area contributed by atoms with E-state index in [-0.39, 0.29) is 31.3 Å². The number of carbonyl (C=O) groups is 2. The summed E-state index contributed by atoms with van der Waals surface area (Å²) in [6.45, 7) is 2.16. The molecule has 1 aliphatic heterocycles. The van der Waals surface area contributed by atoms with Crippen molar-refractivity contribution in [1.29, 1.82) is 0 Å². The second-order valence-corrected chi connectivity index (χ2v) is 9.35. The van der Waals surface area contributed by atoms with Crippen molar-refractivity contribution >= 4 is 11.8 Å². The summed E-state index contributed by atoms with van der Waals surface area (Å²) in [5.74, 6) is 0.642. The van der Waals surface area contributed by atoms with E-state index in [9.17, 15) is 9.59 Å². The zero-order valence-corrected chi connectivity index (χ0v) is 23.2. The van der Waals surface area contributed by atoms with Crippen molar-refractivity contribution < 1.29 is 38.0 Å². The van der Waals surface area contributed by atoms with Crippen LogP contribution in [0.25, 0.3) is 0 Å². The lowest BCUT2D eigenvalue weighted by atomic mass is 9.71. The van der Waals surface area contributed by atoms with Crippen LogP contribution in [0, 0.1) is 0 Å². The highest BCUT2D eigenvalue weighted by molar-refractivity contribution is 6.04. The Bertz CT molecular complexity index is 1290. The van der Waals surface area contributed by atoms with Gasteiger partial charge in [-0.1, -0.05) is 18.2 Å². The summed E-state index contributed by atoms with van der Waals surface area (Å²) in [6.07, 6.45) is 0.846. The van der Waals surface area contributed by atoms with E-state index in [4.69, 9.17) is 28.4 Å². The van der Waals surface area contributed by atoms with Crippen LogP contribution in [0.3, 0.4) is 0 Å². The Hall–Kier alpha value is -3.98. The molecule has 0 saturated heterocycles. The third-order valence-corrected chi connectivity index (χ3v) is 7.17. The average Bonchev–Trinajstić information content (AvgIpc) is 2.95. The number of hydrogen-bond donors (Lipinski definition) is 1. The summed E-state index contributed by atoms with van der Waals surface area (Å²) in [5.41, 5.74) is 3.89. The van der Waals surface area contributed by atoms with E-state index in [2.05, 4.69) is 5.32 Å². The first-order valence-electron chi connectivity index (χ1n) is 12.7. The molecule has 2 atom stereocenters. The van der Waals surface area contributed by atoms with Crippen molar-refractivity contribution in [1.82, 2.24) is 5.32 Å². The zero-order chi connectivity index (χ0) is 28.1. The minimum absolute atomic E-state index is 0.0619. The Morgan fingerprint density at radius 2 is 1.56 bits per heavy atom. The summed E-state index contributed by atoms with van der Waals surface area (Å²) in [5, 5.41) is 3.37. The predicted octanol–water partition coefficient (Wildman–Crippen LogP) is 4.27. The van der Waals surface area contributed by atoms with Crippen LogP contribution in [0.15, 0.2) is 58.9 Å². The lowest BCUT2D eigenvalue weighted by Gasteiger charge is -2.37. The van der Waals surface area contributed by atoms with Crippen LogP contribution < -0.4 is 24.3 Å². The van der Waals surface area contributed by atoms with E-state index in [0.717, 1.165) is 17.0 Å². The second-order valence-electron chi connectivity index (χ2n) is 9.35. The molecule has 0 fully saturated rings. The largest absolute Gasteiger partial charge is 0.496 e. The average molecular weight is 538 g/mol. The summed E-state index contributed by atoms with van der Waals surface area (Å²) in [6, 6.07) is 11.3. The second kappa shape index (κ2) is 12.3. The third-order valence-electron chi connectivity index (χ3n) is 7.17. The predicted molar refractivity (Wildman–Crippen MR) is 145 cm³/mol. The van der Waals surface area contributed by atoms with Gasteiger partial charge in [0, 0.05) is 42.3 Å². The van der Waals surface area contributed by atoms with E-state index in [1.54, 1.807) is 19.2 Å². The fraction of sp³-hybridized carbons (Fsp3) is 0.400. The Morgan fingerprint density at radius 1 is 0.897 bits per heavy atom. The molecule has 2 aromatic carbocycles. The summed E-state index contributed by atoms with van der Waals surface area (Å²) in [4.78, 5) is 27.4. The van der Waals surface area contributed by atoms with Gasteiger partial charge in [-0.15, -0.1) is 0 Å². The van der Waals surface area contributed by atoms with Gasteiger partial charge in [-0.3, -0.25) is 4.79 Å². The van der Waals surface area contributed by atoms with Gasteiger partial charge in [0.15, 0.2) is 17.3 Å².